The average molecular weight is 671 g/mol. The van der Waals surface area contributed by atoms with E-state index in [1.165, 1.54) is 11.0 Å². The lowest BCUT2D eigenvalue weighted by Crippen LogP contribution is -2.50. The van der Waals surface area contributed by atoms with E-state index in [-0.39, 0.29) is 58.0 Å². The van der Waals surface area contributed by atoms with Crippen molar-refractivity contribution in [3.8, 4) is 11.8 Å². The summed E-state index contributed by atoms with van der Waals surface area (Å²) >= 11 is 0. The van der Waals surface area contributed by atoms with Crippen molar-refractivity contribution < 1.29 is 37.0 Å². The highest BCUT2D eigenvalue weighted by Crippen LogP contribution is 2.47. The largest absolute Gasteiger partial charge is 0.497 e. The van der Waals surface area contributed by atoms with Crippen LogP contribution in [-0.2, 0) is 15.8 Å². The molecule has 0 aromatic heterocycles. The Morgan fingerprint density at radius 1 is 1.02 bits per heavy atom. The van der Waals surface area contributed by atoms with Crippen LogP contribution in [0.15, 0.2) is 42.5 Å². The molecule has 1 amide bonds. The van der Waals surface area contributed by atoms with E-state index in [1.54, 1.807) is 36.3 Å². The van der Waals surface area contributed by atoms with E-state index < -0.39 is 53.0 Å². The normalized spacial score (nSPS) is 27.4. The van der Waals surface area contributed by atoms with Crippen molar-refractivity contribution in [3.05, 3.63) is 59.2 Å². The van der Waals surface area contributed by atoms with E-state index in [4.69, 9.17) is 4.74 Å². The van der Waals surface area contributed by atoms with Crippen LogP contribution in [0.2, 0.25) is 0 Å². The van der Waals surface area contributed by atoms with Crippen LogP contribution >= 0.6 is 0 Å². The molecular formula is C36H42F4N4O4. The second kappa shape index (κ2) is 13.6. The number of methoxy groups -OCH3 is 1. The van der Waals surface area contributed by atoms with Gasteiger partial charge in [-0.2, -0.15) is 18.4 Å². The number of anilines is 1. The van der Waals surface area contributed by atoms with E-state index in [0.29, 0.717) is 29.1 Å². The Morgan fingerprint density at radius 2 is 1.71 bits per heavy atom. The molecule has 2 aromatic carbocycles. The van der Waals surface area contributed by atoms with Gasteiger partial charge in [-0.05, 0) is 67.0 Å². The van der Waals surface area contributed by atoms with Gasteiger partial charge in [0.15, 0.2) is 0 Å². The molecule has 12 heteroatoms. The number of nitriles is 1. The number of aliphatic carboxylic acids is 1. The highest BCUT2D eigenvalue weighted by Gasteiger charge is 2.57. The number of halogens is 4. The Balaban J connectivity index is 1.32. The molecule has 0 bridgehead atoms. The third-order valence-corrected chi connectivity index (χ3v) is 11.1. The van der Waals surface area contributed by atoms with Gasteiger partial charge < -0.3 is 19.6 Å². The smallest absolute Gasteiger partial charge is 0.416 e. The lowest BCUT2D eigenvalue weighted by atomic mass is 9.84. The van der Waals surface area contributed by atoms with Crippen molar-refractivity contribution >= 4 is 17.6 Å². The number of carbonyl (C=O) groups excluding carboxylic acids is 1. The highest BCUT2D eigenvalue weighted by atomic mass is 19.4. The molecule has 0 spiro atoms. The Morgan fingerprint density at radius 3 is 2.31 bits per heavy atom. The number of carboxylic acid groups (broad SMARTS) is 1. The van der Waals surface area contributed by atoms with E-state index >= 15 is 4.39 Å². The second-order valence-electron chi connectivity index (χ2n) is 13.9. The molecule has 0 unspecified atom stereocenters. The molecule has 3 saturated heterocycles. The summed E-state index contributed by atoms with van der Waals surface area (Å²) in [4.78, 5) is 31.4. The quantitative estimate of drug-likeness (QED) is 0.333. The van der Waals surface area contributed by atoms with Gasteiger partial charge in [0.05, 0.1) is 24.7 Å². The molecular weight excluding hydrogens is 628 g/mol. The standard InChI is InChI=1S/C36H42F4N4O4/c1-48-28-9-6-23(7-10-28)31-21-44(27-4-2-3-5-27)22-35(31,37)34(47)43-19-25(12-15-41)30(20-43)29-11-8-26(36(38,39)40)18-32(29)42-16-13-24(14-17-42)33(45)46/h6-11,18,24-25,27,30-31H,2-5,12-14,16-17,19-22H2,1H3,(H,45,46)/t25-,30-,31-,35-/m0/s1. The van der Waals surface area contributed by atoms with Crippen LogP contribution in [-0.4, -0.2) is 84.9 Å². The Hall–Kier alpha value is -3.85. The second-order valence-corrected chi connectivity index (χ2v) is 13.9. The molecule has 1 aliphatic carbocycles. The minimum atomic E-state index is -4.60. The first-order chi connectivity index (χ1) is 22.9. The van der Waals surface area contributed by atoms with Gasteiger partial charge in [0.2, 0.25) is 5.67 Å². The molecule has 1 saturated carbocycles. The molecule has 3 aliphatic heterocycles. The minimum Gasteiger partial charge on any atom is -0.497 e. The number of nitrogens with zero attached hydrogens (tertiary/aromatic N) is 4. The summed E-state index contributed by atoms with van der Waals surface area (Å²) in [5.74, 6) is -3.16. The maximum atomic E-state index is 17.6. The van der Waals surface area contributed by atoms with Crippen LogP contribution in [0.4, 0.5) is 23.2 Å². The summed E-state index contributed by atoms with van der Waals surface area (Å²) in [7, 11) is 1.55. The summed E-state index contributed by atoms with van der Waals surface area (Å²) in [5, 5.41) is 19.2. The van der Waals surface area contributed by atoms with Crippen molar-refractivity contribution in [3.63, 3.8) is 0 Å². The van der Waals surface area contributed by atoms with Crippen LogP contribution < -0.4 is 9.64 Å². The van der Waals surface area contributed by atoms with Crippen LogP contribution in [0, 0.1) is 23.2 Å². The first kappa shape index (κ1) is 34.0. The zero-order valence-corrected chi connectivity index (χ0v) is 27.1. The SMILES string of the molecule is COc1ccc([C@@H]2CN(C3CCCC3)C[C@@]2(F)C(=O)N2C[C@H](CC#N)[C@@H](c3ccc(C(F)(F)F)cc3N3CCC(C(=O)O)CC3)C2)cc1. The van der Waals surface area contributed by atoms with Crippen molar-refractivity contribution in [2.45, 2.75) is 74.7 Å². The number of hydrogen-bond acceptors (Lipinski definition) is 6. The van der Waals surface area contributed by atoms with Gasteiger partial charge in [-0.25, -0.2) is 4.39 Å². The monoisotopic (exact) mass is 670 g/mol. The molecule has 1 N–H and O–H groups in total. The van der Waals surface area contributed by atoms with Crippen LogP contribution in [0.5, 0.6) is 5.75 Å². The molecule has 4 atom stereocenters. The number of carbonyl (C=O) groups is 2. The average Bonchev–Trinajstić information content (AvgIpc) is 3.84. The molecule has 258 valence electrons. The molecule has 48 heavy (non-hydrogen) atoms. The minimum absolute atomic E-state index is 0.0403. The molecule has 6 rings (SSSR count). The van der Waals surface area contributed by atoms with Crippen molar-refractivity contribution in [2.24, 2.45) is 11.8 Å². The fraction of sp³-hybridized carbons (Fsp3) is 0.583. The summed E-state index contributed by atoms with van der Waals surface area (Å²) in [6.07, 6.45) is 0.0646. The van der Waals surface area contributed by atoms with Gasteiger partial charge in [-0.15, -0.1) is 0 Å². The Kier molecular flexibility index (Phi) is 9.62. The highest BCUT2D eigenvalue weighted by molar-refractivity contribution is 5.88. The van der Waals surface area contributed by atoms with E-state index in [2.05, 4.69) is 11.0 Å². The summed E-state index contributed by atoms with van der Waals surface area (Å²) < 4.78 is 64.6. The molecule has 4 fully saturated rings. The number of amides is 1. The van der Waals surface area contributed by atoms with Crippen molar-refractivity contribution in [1.29, 1.82) is 5.26 Å². The molecule has 3 heterocycles. The van der Waals surface area contributed by atoms with E-state index in [0.717, 1.165) is 37.8 Å². The van der Waals surface area contributed by atoms with Gasteiger partial charge in [0.25, 0.3) is 5.91 Å². The lowest BCUT2D eigenvalue weighted by Gasteiger charge is -2.35. The van der Waals surface area contributed by atoms with Gasteiger partial charge in [0, 0.05) is 69.3 Å². The third kappa shape index (κ3) is 6.58. The zero-order chi connectivity index (χ0) is 34.2. The maximum absolute atomic E-state index is 17.6. The summed E-state index contributed by atoms with van der Waals surface area (Å²) in [6.45, 7) is 1.06. The maximum Gasteiger partial charge on any atom is 0.416 e. The predicted molar refractivity (Wildman–Crippen MR) is 170 cm³/mol. The predicted octanol–water partition coefficient (Wildman–Crippen LogP) is 6.22. The fourth-order valence-corrected chi connectivity index (χ4v) is 8.47. The first-order valence-corrected chi connectivity index (χ1v) is 16.8. The molecule has 8 nitrogen and oxygen atoms in total. The van der Waals surface area contributed by atoms with Crippen molar-refractivity contribution in [1.82, 2.24) is 9.80 Å². The number of ether oxygens (including phenoxy) is 1. The first-order valence-electron chi connectivity index (χ1n) is 16.8. The van der Waals surface area contributed by atoms with Gasteiger partial charge in [-0.3, -0.25) is 14.5 Å². The number of hydrogen-bond donors (Lipinski definition) is 1. The Labute approximate surface area is 278 Å². The number of alkyl halides is 4. The number of benzene rings is 2. The van der Waals surface area contributed by atoms with Gasteiger partial charge in [-0.1, -0.05) is 31.0 Å². The topological polar surface area (TPSA) is 97.1 Å². The molecule has 2 aromatic rings. The van der Waals surface area contributed by atoms with Gasteiger partial charge >= 0.3 is 12.1 Å². The number of rotatable bonds is 8. The van der Waals surface area contributed by atoms with Crippen LogP contribution in [0.1, 0.15) is 73.5 Å². The van der Waals surface area contributed by atoms with Crippen LogP contribution in [0.25, 0.3) is 0 Å². The third-order valence-electron chi connectivity index (χ3n) is 11.1. The lowest BCUT2D eigenvalue weighted by molar-refractivity contribution is -0.143. The number of carboxylic acids is 1. The molecule has 4 aliphatic rings. The number of piperidine rings is 1. The fourth-order valence-electron chi connectivity index (χ4n) is 8.47. The summed E-state index contributed by atoms with van der Waals surface area (Å²) in [5.41, 5.74) is -1.47. The van der Waals surface area contributed by atoms with Crippen molar-refractivity contribution in [2.75, 3.05) is 51.3 Å². The number of likely N-dealkylation sites (tertiary alicyclic amines) is 2. The van der Waals surface area contributed by atoms with Gasteiger partial charge in [0.1, 0.15) is 5.75 Å². The molecule has 0 radical (unpaired) electrons. The summed E-state index contributed by atoms with van der Waals surface area (Å²) in [6, 6.07) is 13.0. The van der Waals surface area contributed by atoms with E-state index in [9.17, 15) is 33.1 Å². The van der Waals surface area contributed by atoms with E-state index in [1.807, 2.05) is 0 Å². The Bertz CT molecular complexity index is 1530. The zero-order valence-electron chi connectivity index (χ0n) is 27.1. The van der Waals surface area contributed by atoms with Crippen LogP contribution in [0.3, 0.4) is 0 Å².